The van der Waals surface area contributed by atoms with E-state index < -0.39 is 0 Å². The standard InChI is InChI=1S/C12H13N3O2/c1-8-5-9(12(13)14)6-11(15-8)17-7-10-3-2-4-16-10/h2-6H,7H2,1H3,(H3,13,14). The number of pyridine rings is 1. The van der Waals surface area contributed by atoms with Gasteiger partial charge in [-0.05, 0) is 25.1 Å². The van der Waals surface area contributed by atoms with Gasteiger partial charge in [-0.1, -0.05) is 0 Å². The number of aromatic nitrogens is 1. The van der Waals surface area contributed by atoms with Crippen LogP contribution in [0.15, 0.2) is 34.9 Å². The van der Waals surface area contributed by atoms with Crippen LogP contribution in [0.5, 0.6) is 5.88 Å². The highest BCUT2D eigenvalue weighted by Crippen LogP contribution is 2.14. The molecule has 2 heterocycles. The number of furan rings is 1. The lowest BCUT2D eigenvalue weighted by Gasteiger charge is -2.06. The van der Waals surface area contributed by atoms with Crippen molar-refractivity contribution in [3.63, 3.8) is 0 Å². The number of nitrogens with one attached hydrogen (secondary N) is 1. The second-order valence-electron chi connectivity index (χ2n) is 3.62. The third-order valence-electron chi connectivity index (χ3n) is 2.18. The van der Waals surface area contributed by atoms with Crippen LogP contribution in [0.4, 0.5) is 0 Å². The lowest BCUT2D eigenvalue weighted by molar-refractivity contribution is 0.260. The fourth-order valence-corrected chi connectivity index (χ4v) is 1.41. The minimum Gasteiger partial charge on any atom is -0.469 e. The van der Waals surface area contributed by atoms with Gasteiger partial charge in [0.1, 0.15) is 18.2 Å². The summed E-state index contributed by atoms with van der Waals surface area (Å²) >= 11 is 0. The average Bonchev–Trinajstić information content (AvgIpc) is 2.78. The molecule has 0 saturated carbocycles. The SMILES string of the molecule is Cc1cc(C(=N)N)cc(OCc2ccco2)n1. The first kappa shape index (κ1) is 11.2. The monoisotopic (exact) mass is 231 g/mol. The number of hydrogen-bond acceptors (Lipinski definition) is 4. The number of hydrogen-bond donors (Lipinski definition) is 2. The van der Waals surface area contributed by atoms with Crippen LogP contribution in [0, 0.1) is 12.3 Å². The number of nitrogens with zero attached hydrogens (tertiary/aromatic N) is 1. The van der Waals surface area contributed by atoms with Crippen LogP contribution in [0.2, 0.25) is 0 Å². The molecule has 0 unspecified atom stereocenters. The van der Waals surface area contributed by atoms with Crippen molar-refractivity contribution in [2.45, 2.75) is 13.5 Å². The van der Waals surface area contributed by atoms with E-state index in [-0.39, 0.29) is 5.84 Å². The highest BCUT2D eigenvalue weighted by Gasteiger charge is 2.04. The van der Waals surface area contributed by atoms with Crippen molar-refractivity contribution in [2.75, 3.05) is 0 Å². The maximum absolute atomic E-state index is 7.38. The normalized spacial score (nSPS) is 10.2. The third kappa shape index (κ3) is 2.84. The van der Waals surface area contributed by atoms with E-state index in [4.69, 9.17) is 20.3 Å². The van der Waals surface area contributed by atoms with Gasteiger partial charge < -0.3 is 14.9 Å². The van der Waals surface area contributed by atoms with Gasteiger partial charge in [0, 0.05) is 17.3 Å². The maximum Gasteiger partial charge on any atom is 0.214 e. The van der Waals surface area contributed by atoms with E-state index in [9.17, 15) is 0 Å². The zero-order valence-corrected chi connectivity index (χ0v) is 9.43. The number of amidine groups is 1. The molecule has 0 saturated heterocycles. The molecule has 17 heavy (non-hydrogen) atoms. The summed E-state index contributed by atoms with van der Waals surface area (Å²) in [5.41, 5.74) is 6.78. The molecule has 2 aromatic rings. The molecule has 0 radical (unpaired) electrons. The van der Waals surface area contributed by atoms with Crippen LogP contribution in [-0.4, -0.2) is 10.8 Å². The maximum atomic E-state index is 7.38. The van der Waals surface area contributed by atoms with E-state index >= 15 is 0 Å². The van der Waals surface area contributed by atoms with Crippen LogP contribution >= 0.6 is 0 Å². The smallest absolute Gasteiger partial charge is 0.214 e. The van der Waals surface area contributed by atoms with Crippen molar-refractivity contribution in [2.24, 2.45) is 5.73 Å². The molecular formula is C12H13N3O2. The largest absolute Gasteiger partial charge is 0.469 e. The van der Waals surface area contributed by atoms with Crippen LogP contribution in [0.1, 0.15) is 17.0 Å². The first-order chi connectivity index (χ1) is 8.15. The summed E-state index contributed by atoms with van der Waals surface area (Å²) in [5.74, 6) is 1.16. The number of aryl methyl sites for hydroxylation is 1. The number of nitrogens with two attached hydrogens (primary N) is 1. The van der Waals surface area contributed by atoms with Gasteiger partial charge in [-0.3, -0.25) is 5.41 Å². The van der Waals surface area contributed by atoms with Crippen molar-refractivity contribution >= 4 is 5.84 Å². The number of nitrogen functional groups attached to an aromatic ring is 1. The average molecular weight is 231 g/mol. The Labute approximate surface area is 98.7 Å². The molecular weight excluding hydrogens is 218 g/mol. The first-order valence-electron chi connectivity index (χ1n) is 5.13. The van der Waals surface area contributed by atoms with E-state index in [2.05, 4.69) is 4.98 Å². The van der Waals surface area contributed by atoms with Crippen LogP contribution in [0.25, 0.3) is 0 Å². The molecule has 0 atom stereocenters. The second kappa shape index (κ2) is 4.69. The molecule has 0 aliphatic heterocycles. The molecule has 0 amide bonds. The molecule has 88 valence electrons. The zero-order chi connectivity index (χ0) is 12.3. The van der Waals surface area contributed by atoms with Crippen LogP contribution in [-0.2, 0) is 6.61 Å². The van der Waals surface area contributed by atoms with Crippen molar-refractivity contribution in [3.8, 4) is 5.88 Å². The molecule has 0 fully saturated rings. The topological polar surface area (TPSA) is 85.1 Å². The molecule has 3 N–H and O–H groups in total. The molecule has 0 aromatic carbocycles. The molecule has 0 aliphatic rings. The first-order valence-corrected chi connectivity index (χ1v) is 5.13. The Balaban J connectivity index is 2.13. The second-order valence-corrected chi connectivity index (χ2v) is 3.62. The van der Waals surface area contributed by atoms with E-state index in [0.29, 0.717) is 18.1 Å². The van der Waals surface area contributed by atoms with Gasteiger partial charge in [0.2, 0.25) is 5.88 Å². The summed E-state index contributed by atoms with van der Waals surface area (Å²) in [5, 5.41) is 7.38. The molecule has 0 spiro atoms. The van der Waals surface area contributed by atoms with Gasteiger partial charge in [0.25, 0.3) is 0 Å². The van der Waals surface area contributed by atoms with E-state index in [0.717, 1.165) is 11.5 Å². The lowest BCUT2D eigenvalue weighted by Crippen LogP contribution is -2.12. The quantitative estimate of drug-likeness (QED) is 0.621. The highest BCUT2D eigenvalue weighted by atomic mass is 16.5. The summed E-state index contributed by atoms with van der Waals surface area (Å²) in [6, 6.07) is 6.99. The Hall–Kier alpha value is -2.30. The predicted molar refractivity (Wildman–Crippen MR) is 63.0 cm³/mol. The van der Waals surface area contributed by atoms with Crippen molar-refractivity contribution in [3.05, 3.63) is 47.5 Å². The summed E-state index contributed by atoms with van der Waals surface area (Å²) in [7, 11) is 0. The van der Waals surface area contributed by atoms with Gasteiger partial charge in [-0.2, -0.15) is 0 Å². The molecule has 0 bridgehead atoms. The molecule has 0 aliphatic carbocycles. The Morgan fingerprint density at radius 3 is 3.00 bits per heavy atom. The van der Waals surface area contributed by atoms with Crippen LogP contribution < -0.4 is 10.5 Å². The number of rotatable bonds is 4. The summed E-state index contributed by atoms with van der Waals surface area (Å²) in [6.07, 6.45) is 1.59. The fraction of sp³-hybridized carbons (Fsp3) is 0.167. The van der Waals surface area contributed by atoms with Gasteiger partial charge in [-0.25, -0.2) is 4.98 Å². The molecule has 5 heteroatoms. The van der Waals surface area contributed by atoms with Crippen LogP contribution in [0.3, 0.4) is 0 Å². The van der Waals surface area contributed by atoms with Crippen molar-refractivity contribution in [1.29, 1.82) is 5.41 Å². The summed E-state index contributed by atoms with van der Waals surface area (Å²) in [4.78, 5) is 4.20. The van der Waals surface area contributed by atoms with Crippen molar-refractivity contribution in [1.82, 2.24) is 4.98 Å². The Morgan fingerprint density at radius 2 is 2.35 bits per heavy atom. The zero-order valence-electron chi connectivity index (χ0n) is 9.43. The minimum absolute atomic E-state index is 0.00153. The van der Waals surface area contributed by atoms with Gasteiger partial charge in [0.05, 0.1) is 6.26 Å². The van der Waals surface area contributed by atoms with E-state index in [1.807, 2.05) is 13.0 Å². The molecule has 2 rings (SSSR count). The minimum atomic E-state index is -0.00153. The fourth-order valence-electron chi connectivity index (χ4n) is 1.41. The summed E-state index contributed by atoms with van der Waals surface area (Å²) < 4.78 is 10.6. The van der Waals surface area contributed by atoms with Gasteiger partial charge in [-0.15, -0.1) is 0 Å². The molecule has 2 aromatic heterocycles. The predicted octanol–water partition coefficient (Wildman–Crippen LogP) is 1.85. The Bertz CT molecular complexity index is 521. The third-order valence-corrected chi connectivity index (χ3v) is 2.18. The van der Waals surface area contributed by atoms with Gasteiger partial charge in [0.15, 0.2) is 0 Å². The van der Waals surface area contributed by atoms with Crippen molar-refractivity contribution < 1.29 is 9.15 Å². The number of ether oxygens (including phenoxy) is 1. The van der Waals surface area contributed by atoms with E-state index in [1.165, 1.54) is 0 Å². The van der Waals surface area contributed by atoms with E-state index in [1.54, 1.807) is 24.5 Å². The molecule has 5 nitrogen and oxygen atoms in total. The summed E-state index contributed by atoms with van der Waals surface area (Å²) in [6.45, 7) is 2.13. The lowest BCUT2D eigenvalue weighted by atomic mass is 10.2. The highest BCUT2D eigenvalue weighted by molar-refractivity contribution is 5.95. The Kier molecular flexibility index (Phi) is 3.09. The van der Waals surface area contributed by atoms with Gasteiger partial charge >= 0.3 is 0 Å². The Morgan fingerprint density at radius 1 is 1.53 bits per heavy atom.